The van der Waals surface area contributed by atoms with Gasteiger partial charge in [0.25, 0.3) is 0 Å². The van der Waals surface area contributed by atoms with E-state index in [0.717, 1.165) is 17.7 Å². The van der Waals surface area contributed by atoms with Gasteiger partial charge in [0.1, 0.15) is 16.8 Å². The van der Waals surface area contributed by atoms with E-state index in [1.54, 1.807) is 41.8 Å². The molecule has 0 fully saturated rings. The summed E-state index contributed by atoms with van der Waals surface area (Å²) in [6, 6.07) is 14.8. The molecule has 0 saturated heterocycles. The molecule has 168 valence electrons. The molecule has 1 atom stereocenters. The lowest BCUT2D eigenvalue weighted by molar-refractivity contribution is -0.139. The van der Waals surface area contributed by atoms with Crippen LogP contribution in [0.25, 0.3) is 0 Å². The van der Waals surface area contributed by atoms with Crippen molar-refractivity contribution in [2.24, 2.45) is 0 Å². The highest BCUT2D eigenvalue weighted by atomic mass is 32.2. The predicted octanol–water partition coefficient (Wildman–Crippen LogP) is 2.84. The lowest BCUT2D eigenvalue weighted by Crippen LogP contribution is -2.42. The summed E-state index contributed by atoms with van der Waals surface area (Å²) in [5.74, 6) is -1.79. The lowest BCUT2D eigenvalue weighted by Gasteiger charge is -2.17. The number of nitrogens with one attached hydrogen (secondary N) is 2. The van der Waals surface area contributed by atoms with E-state index in [1.807, 2.05) is 0 Å². The van der Waals surface area contributed by atoms with Crippen LogP contribution in [0.2, 0.25) is 0 Å². The molecule has 2 aromatic carbocycles. The van der Waals surface area contributed by atoms with Gasteiger partial charge in [0.15, 0.2) is 9.84 Å². The van der Waals surface area contributed by atoms with Crippen LogP contribution in [0.3, 0.4) is 0 Å². The van der Waals surface area contributed by atoms with Crippen molar-refractivity contribution in [3.63, 3.8) is 0 Å². The highest BCUT2D eigenvalue weighted by Gasteiger charge is 2.31. The van der Waals surface area contributed by atoms with Gasteiger partial charge in [-0.2, -0.15) is 0 Å². The highest BCUT2D eigenvalue weighted by Crippen LogP contribution is 2.31. The Kier molecular flexibility index (Phi) is 7.60. The van der Waals surface area contributed by atoms with Gasteiger partial charge in [-0.25, -0.2) is 12.8 Å². The first kappa shape index (κ1) is 23.4. The molecule has 0 spiro atoms. The highest BCUT2D eigenvalue weighted by molar-refractivity contribution is 7.91. The third-order valence-corrected chi connectivity index (χ3v) is 7.85. The smallest absolute Gasteiger partial charge is 0.309 e. The minimum atomic E-state index is -3.94. The number of hydrogen-bond acceptors (Lipinski definition) is 6. The molecular formula is C22H21FN2O5S2. The first-order chi connectivity index (χ1) is 15.3. The maximum absolute atomic E-state index is 13.2. The molecule has 10 heteroatoms. The zero-order valence-corrected chi connectivity index (χ0v) is 18.7. The van der Waals surface area contributed by atoms with Crippen molar-refractivity contribution in [2.45, 2.75) is 16.7 Å². The average molecular weight is 477 g/mol. The second kappa shape index (κ2) is 10.4. The van der Waals surface area contributed by atoms with E-state index in [2.05, 4.69) is 10.6 Å². The first-order valence-corrected chi connectivity index (χ1v) is 12.0. The summed E-state index contributed by atoms with van der Waals surface area (Å²) in [6.45, 7) is -0.211. The largest absolute Gasteiger partial charge is 0.497 e. The van der Waals surface area contributed by atoms with Gasteiger partial charge in [-0.1, -0.05) is 18.2 Å². The fourth-order valence-electron chi connectivity index (χ4n) is 2.94. The van der Waals surface area contributed by atoms with Gasteiger partial charge in [-0.3, -0.25) is 9.59 Å². The zero-order chi connectivity index (χ0) is 23.1. The fraction of sp³-hybridized carbons (Fsp3) is 0.182. The van der Waals surface area contributed by atoms with E-state index >= 15 is 0 Å². The molecule has 1 unspecified atom stereocenters. The molecule has 0 bridgehead atoms. The molecule has 7 nitrogen and oxygen atoms in total. The van der Waals surface area contributed by atoms with Crippen LogP contribution in [0, 0.1) is 5.82 Å². The molecule has 3 aromatic rings. The fourth-order valence-corrected chi connectivity index (χ4v) is 5.72. The molecule has 0 aliphatic carbocycles. The molecule has 3 rings (SSSR count). The lowest BCUT2D eigenvalue weighted by atomic mass is 10.2. The number of thiophene rings is 1. The van der Waals surface area contributed by atoms with Crippen molar-refractivity contribution >= 4 is 33.0 Å². The molecule has 0 aliphatic rings. The minimum Gasteiger partial charge on any atom is -0.497 e. The van der Waals surface area contributed by atoms with Crippen LogP contribution in [0.4, 0.5) is 4.39 Å². The maximum Gasteiger partial charge on any atom is 0.309 e. The standard InChI is InChI=1S/C22H21FN2O5S2/c1-30-17-5-2-4-15(12-17)13-24-21(26)22(27)25-14-20(19-6-3-11-31-19)32(28,29)18-9-7-16(23)8-10-18/h2-12,20H,13-14H2,1H3,(H,24,26)(H,25,27). The number of benzene rings is 2. The number of carbonyl (C=O) groups excluding carboxylic acids is 2. The third kappa shape index (κ3) is 5.71. The van der Waals surface area contributed by atoms with E-state index < -0.39 is 32.7 Å². The van der Waals surface area contributed by atoms with E-state index in [-0.39, 0.29) is 18.0 Å². The summed E-state index contributed by atoms with van der Waals surface area (Å²) in [5, 5.41) is 5.48. The van der Waals surface area contributed by atoms with Crippen molar-refractivity contribution in [1.82, 2.24) is 10.6 Å². The molecule has 2 N–H and O–H groups in total. The Labute approximate surface area is 189 Å². The number of rotatable bonds is 8. The second-order valence-electron chi connectivity index (χ2n) is 6.75. The predicted molar refractivity (Wildman–Crippen MR) is 118 cm³/mol. The van der Waals surface area contributed by atoms with Crippen molar-refractivity contribution in [3.05, 3.63) is 82.3 Å². The Morgan fingerprint density at radius 2 is 1.75 bits per heavy atom. The molecule has 32 heavy (non-hydrogen) atoms. The van der Waals surface area contributed by atoms with Crippen molar-refractivity contribution in [3.8, 4) is 5.75 Å². The number of carbonyl (C=O) groups is 2. The Bertz CT molecular complexity index is 1180. The van der Waals surface area contributed by atoms with Crippen LogP contribution in [-0.4, -0.2) is 33.9 Å². The monoisotopic (exact) mass is 476 g/mol. The summed E-state index contributed by atoms with van der Waals surface area (Å²) in [7, 11) is -2.42. The van der Waals surface area contributed by atoms with Gasteiger partial charge >= 0.3 is 11.8 Å². The van der Waals surface area contributed by atoms with Gasteiger partial charge in [0.2, 0.25) is 0 Å². The van der Waals surface area contributed by atoms with E-state index in [0.29, 0.717) is 10.6 Å². The van der Waals surface area contributed by atoms with Crippen LogP contribution < -0.4 is 15.4 Å². The summed E-state index contributed by atoms with van der Waals surface area (Å²) in [6.07, 6.45) is 0. The molecular weight excluding hydrogens is 455 g/mol. The number of halogens is 1. The number of sulfone groups is 1. The quantitative estimate of drug-likeness (QED) is 0.385. The SMILES string of the molecule is COc1cccc(CNC(=O)C(=O)NCC(c2cccs2)S(=O)(=O)c2ccc(F)cc2)c1. The average Bonchev–Trinajstić information content (AvgIpc) is 3.32. The van der Waals surface area contributed by atoms with Crippen molar-refractivity contribution < 1.29 is 27.1 Å². The van der Waals surface area contributed by atoms with Gasteiger partial charge in [0.05, 0.1) is 12.0 Å². The van der Waals surface area contributed by atoms with Gasteiger partial charge in [0, 0.05) is 18.0 Å². The van der Waals surface area contributed by atoms with Crippen LogP contribution in [0.15, 0.2) is 70.9 Å². The molecule has 1 aromatic heterocycles. The Balaban J connectivity index is 1.67. The summed E-state index contributed by atoms with van der Waals surface area (Å²) < 4.78 is 44.6. The number of methoxy groups -OCH3 is 1. The molecule has 0 radical (unpaired) electrons. The summed E-state index contributed by atoms with van der Waals surface area (Å²) in [5.41, 5.74) is 0.737. The Hall–Kier alpha value is -3.24. The van der Waals surface area contributed by atoms with Gasteiger partial charge in [-0.15, -0.1) is 11.3 Å². The summed E-state index contributed by atoms with van der Waals surface area (Å²) in [4.78, 5) is 24.9. The van der Waals surface area contributed by atoms with E-state index in [4.69, 9.17) is 4.74 Å². The van der Waals surface area contributed by atoms with Gasteiger partial charge in [-0.05, 0) is 53.4 Å². The van der Waals surface area contributed by atoms with Gasteiger partial charge < -0.3 is 15.4 Å². The van der Waals surface area contributed by atoms with E-state index in [1.165, 1.54) is 30.6 Å². The van der Waals surface area contributed by atoms with E-state index in [9.17, 15) is 22.4 Å². The van der Waals surface area contributed by atoms with Crippen LogP contribution >= 0.6 is 11.3 Å². The normalized spacial score (nSPS) is 12.1. The number of hydrogen-bond donors (Lipinski definition) is 2. The number of amides is 2. The van der Waals surface area contributed by atoms with Crippen LogP contribution in [0.1, 0.15) is 15.7 Å². The topological polar surface area (TPSA) is 102 Å². The third-order valence-electron chi connectivity index (χ3n) is 4.62. The minimum absolute atomic E-state index is 0.0750. The second-order valence-corrected chi connectivity index (χ2v) is 9.86. The summed E-state index contributed by atoms with van der Waals surface area (Å²) >= 11 is 1.21. The Morgan fingerprint density at radius 1 is 1.03 bits per heavy atom. The van der Waals surface area contributed by atoms with Crippen molar-refractivity contribution in [2.75, 3.05) is 13.7 Å². The van der Waals surface area contributed by atoms with Crippen molar-refractivity contribution in [1.29, 1.82) is 0 Å². The molecule has 2 amide bonds. The Morgan fingerprint density at radius 3 is 2.41 bits per heavy atom. The zero-order valence-electron chi connectivity index (χ0n) is 17.1. The van der Waals surface area contributed by atoms with Crippen LogP contribution in [0.5, 0.6) is 5.75 Å². The maximum atomic E-state index is 13.2. The van der Waals surface area contributed by atoms with Crippen LogP contribution in [-0.2, 0) is 26.0 Å². The molecule has 0 saturated carbocycles. The first-order valence-electron chi connectivity index (χ1n) is 9.53. The molecule has 0 aliphatic heterocycles. The molecule has 1 heterocycles. The number of ether oxygens (including phenoxy) is 1.